The SMILES string of the molecule is NC(CC(O)C(=O)OCC1c2ccccc2-c2ccccc21)c1ccccc1. The summed E-state index contributed by atoms with van der Waals surface area (Å²) in [7, 11) is 0. The van der Waals surface area contributed by atoms with Crippen molar-refractivity contribution in [2.45, 2.75) is 24.5 Å². The minimum Gasteiger partial charge on any atom is -0.463 e. The first-order chi connectivity index (χ1) is 13.6. The van der Waals surface area contributed by atoms with Gasteiger partial charge in [-0.25, -0.2) is 4.79 Å². The average molecular weight is 373 g/mol. The van der Waals surface area contributed by atoms with Gasteiger partial charge in [0.15, 0.2) is 6.10 Å². The molecule has 0 heterocycles. The molecule has 1 aliphatic rings. The standard InChI is InChI=1S/C24H23NO3/c25-22(16-8-2-1-3-9-16)14-23(26)24(27)28-15-21-19-12-6-4-10-17(19)18-11-5-7-13-20(18)21/h1-13,21-23,26H,14-15,25H2. The van der Waals surface area contributed by atoms with Crippen LogP contribution in [-0.2, 0) is 9.53 Å². The van der Waals surface area contributed by atoms with Crippen LogP contribution in [0.1, 0.15) is 35.1 Å². The summed E-state index contributed by atoms with van der Waals surface area (Å²) in [6.45, 7) is 0.199. The maximum absolute atomic E-state index is 12.4. The molecule has 4 rings (SSSR count). The second-order valence-corrected chi connectivity index (χ2v) is 7.13. The number of aliphatic hydroxyl groups is 1. The van der Waals surface area contributed by atoms with Gasteiger partial charge in [0.2, 0.25) is 0 Å². The predicted molar refractivity (Wildman–Crippen MR) is 109 cm³/mol. The molecule has 1 aliphatic carbocycles. The second-order valence-electron chi connectivity index (χ2n) is 7.13. The van der Waals surface area contributed by atoms with E-state index < -0.39 is 18.1 Å². The minimum atomic E-state index is -1.25. The molecule has 0 aliphatic heterocycles. The molecule has 4 heteroatoms. The van der Waals surface area contributed by atoms with Gasteiger partial charge in [0, 0.05) is 18.4 Å². The van der Waals surface area contributed by atoms with Crippen molar-refractivity contribution in [3.8, 4) is 11.1 Å². The lowest BCUT2D eigenvalue weighted by Crippen LogP contribution is -2.29. The summed E-state index contributed by atoms with van der Waals surface area (Å²) in [5.41, 5.74) is 11.6. The number of hydrogen-bond donors (Lipinski definition) is 2. The van der Waals surface area contributed by atoms with Gasteiger partial charge in [0.1, 0.15) is 6.61 Å². The zero-order chi connectivity index (χ0) is 19.5. The summed E-state index contributed by atoms with van der Waals surface area (Å²) in [6, 6.07) is 25.3. The number of ether oxygens (including phenoxy) is 1. The number of aliphatic hydroxyl groups excluding tert-OH is 1. The Morgan fingerprint density at radius 3 is 2.04 bits per heavy atom. The summed E-state index contributed by atoms with van der Waals surface area (Å²) in [6.07, 6.45) is -1.12. The van der Waals surface area contributed by atoms with Crippen LogP contribution in [0.25, 0.3) is 11.1 Å². The number of esters is 1. The number of carbonyl (C=O) groups is 1. The van der Waals surface area contributed by atoms with E-state index in [-0.39, 0.29) is 18.9 Å². The normalized spacial score (nSPS) is 14.8. The van der Waals surface area contributed by atoms with Gasteiger partial charge in [-0.05, 0) is 27.8 Å². The van der Waals surface area contributed by atoms with Gasteiger partial charge in [-0.1, -0.05) is 78.9 Å². The van der Waals surface area contributed by atoms with Crippen molar-refractivity contribution in [2.75, 3.05) is 6.61 Å². The van der Waals surface area contributed by atoms with E-state index in [9.17, 15) is 9.90 Å². The predicted octanol–water partition coefficient (Wildman–Crippen LogP) is 3.79. The highest BCUT2D eigenvalue weighted by molar-refractivity contribution is 5.79. The van der Waals surface area contributed by atoms with E-state index >= 15 is 0 Å². The summed E-state index contributed by atoms with van der Waals surface area (Å²) >= 11 is 0. The van der Waals surface area contributed by atoms with Crippen molar-refractivity contribution in [1.82, 2.24) is 0 Å². The second kappa shape index (κ2) is 7.97. The Kier molecular flexibility index (Phi) is 5.24. The molecule has 3 aromatic carbocycles. The maximum atomic E-state index is 12.4. The molecular weight excluding hydrogens is 350 g/mol. The van der Waals surface area contributed by atoms with Crippen LogP contribution in [0.5, 0.6) is 0 Å². The third-order valence-corrected chi connectivity index (χ3v) is 5.33. The third-order valence-electron chi connectivity index (χ3n) is 5.33. The lowest BCUT2D eigenvalue weighted by atomic mass is 9.98. The molecule has 4 nitrogen and oxygen atoms in total. The van der Waals surface area contributed by atoms with Crippen LogP contribution in [0.3, 0.4) is 0 Å². The zero-order valence-corrected chi connectivity index (χ0v) is 15.5. The molecule has 0 saturated carbocycles. The first-order valence-corrected chi connectivity index (χ1v) is 9.48. The Morgan fingerprint density at radius 1 is 0.893 bits per heavy atom. The fourth-order valence-electron chi connectivity index (χ4n) is 3.87. The third kappa shape index (κ3) is 3.57. The van der Waals surface area contributed by atoms with E-state index in [0.29, 0.717) is 0 Å². The Labute approximate surface area is 164 Å². The van der Waals surface area contributed by atoms with Gasteiger partial charge < -0.3 is 15.6 Å². The van der Waals surface area contributed by atoms with Crippen LogP contribution in [0, 0.1) is 0 Å². The Balaban J connectivity index is 1.42. The number of fused-ring (bicyclic) bond motifs is 3. The fraction of sp³-hybridized carbons (Fsp3) is 0.208. The molecule has 28 heavy (non-hydrogen) atoms. The number of hydrogen-bond acceptors (Lipinski definition) is 4. The maximum Gasteiger partial charge on any atom is 0.335 e. The van der Waals surface area contributed by atoms with Gasteiger partial charge in [-0.15, -0.1) is 0 Å². The summed E-state index contributed by atoms with van der Waals surface area (Å²) in [4.78, 5) is 12.4. The number of carbonyl (C=O) groups excluding carboxylic acids is 1. The highest BCUT2D eigenvalue weighted by atomic mass is 16.5. The molecule has 2 atom stereocenters. The van der Waals surface area contributed by atoms with E-state index in [1.807, 2.05) is 54.6 Å². The van der Waals surface area contributed by atoms with E-state index in [1.165, 1.54) is 11.1 Å². The van der Waals surface area contributed by atoms with Crippen molar-refractivity contribution in [3.63, 3.8) is 0 Å². The van der Waals surface area contributed by atoms with Gasteiger partial charge >= 0.3 is 5.97 Å². The Bertz CT molecular complexity index is 925. The molecular formula is C24H23NO3. The van der Waals surface area contributed by atoms with Gasteiger partial charge in [0.05, 0.1) is 0 Å². The fourth-order valence-corrected chi connectivity index (χ4v) is 3.87. The zero-order valence-electron chi connectivity index (χ0n) is 15.5. The molecule has 142 valence electrons. The van der Waals surface area contributed by atoms with Crippen LogP contribution < -0.4 is 5.73 Å². The van der Waals surface area contributed by atoms with Gasteiger partial charge in [0.25, 0.3) is 0 Å². The van der Waals surface area contributed by atoms with Crippen LogP contribution >= 0.6 is 0 Å². The quantitative estimate of drug-likeness (QED) is 0.645. The molecule has 3 aromatic rings. The average Bonchev–Trinajstić information content (AvgIpc) is 3.06. The lowest BCUT2D eigenvalue weighted by molar-refractivity contribution is -0.154. The van der Waals surface area contributed by atoms with Gasteiger partial charge in [-0.3, -0.25) is 0 Å². The smallest absolute Gasteiger partial charge is 0.335 e. The largest absolute Gasteiger partial charge is 0.463 e. The summed E-state index contributed by atoms with van der Waals surface area (Å²) in [5, 5.41) is 10.3. The minimum absolute atomic E-state index is 0.0219. The monoisotopic (exact) mass is 373 g/mol. The van der Waals surface area contributed by atoms with Crippen molar-refractivity contribution >= 4 is 5.97 Å². The summed E-state index contributed by atoms with van der Waals surface area (Å²) in [5.74, 6) is -0.653. The van der Waals surface area contributed by atoms with Crippen molar-refractivity contribution in [2.24, 2.45) is 5.73 Å². The van der Waals surface area contributed by atoms with Crippen LogP contribution in [0.15, 0.2) is 78.9 Å². The number of rotatable bonds is 6. The molecule has 0 fully saturated rings. The number of benzene rings is 3. The highest BCUT2D eigenvalue weighted by Gasteiger charge is 2.30. The molecule has 0 bridgehead atoms. The van der Waals surface area contributed by atoms with Crippen molar-refractivity contribution in [3.05, 3.63) is 95.6 Å². The van der Waals surface area contributed by atoms with Crippen molar-refractivity contribution < 1.29 is 14.6 Å². The molecule has 0 aromatic heterocycles. The summed E-state index contributed by atoms with van der Waals surface area (Å²) < 4.78 is 5.49. The highest BCUT2D eigenvalue weighted by Crippen LogP contribution is 2.44. The van der Waals surface area contributed by atoms with Crippen LogP contribution in [0.4, 0.5) is 0 Å². The van der Waals surface area contributed by atoms with E-state index in [4.69, 9.17) is 10.5 Å². The van der Waals surface area contributed by atoms with Crippen LogP contribution in [0.2, 0.25) is 0 Å². The molecule has 0 radical (unpaired) electrons. The Morgan fingerprint density at radius 2 is 1.43 bits per heavy atom. The van der Waals surface area contributed by atoms with E-state index in [0.717, 1.165) is 16.7 Å². The van der Waals surface area contributed by atoms with Crippen LogP contribution in [-0.4, -0.2) is 23.8 Å². The Hall–Kier alpha value is -2.95. The lowest BCUT2D eigenvalue weighted by Gasteiger charge is -2.18. The molecule has 3 N–H and O–H groups in total. The van der Waals surface area contributed by atoms with E-state index in [2.05, 4.69) is 24.3 Å². The molecule has 0 saturated heterocycles. The number of nitrogens with two attached hydrogens (primary N) is 1. The van der Waals surface area contributed by atoms with E-state index in [1.54, 1.807) is 0 Å². The van der Waals surface area contributed by atoms with Crippen molar-refractivity contribution in [1.29, 1.82) is 0 Å². The molecule has 0 spiro atoms. The first kappa shape index (κ1) is 18.4. The van der Waals surface area contributed by atoms with Gasteiger partial charge in [-0.2, -0.15) is 0 Å². The molecule has 0 amide bonds. The first-order valence-electron chi connectivity index (χ1n) is 9.48. The molecule has 2 unspecified atom stereocenters. The topological polar surface area (TPSA) is 72.5 Å².